The normalized spacial score (nSPS) is 11.6. The Bertz CT molecular complexity index is 802. The molecular formula is C13H15N7O. The second kappa shape index (κ2) is 4.89. The zero-order valence-corrected chi connectivity index (χ0v) is 12.0. The Kier molecular flexibility index (Phi) is 3.05. The van der Waals surface area contributed by atoms with Gasteiger partial charge in [-0.15, -0.1) is 0 Å². The highest BCUT2D eigenvalue weighted by Gasteiger charge is 2.16. The first-order chi connectivity index (χ1) is 10.1. The Morgan fingerprint density at radius 3 is 2.86 bits per heavy atom. The van der Waals surface area contributed by atoms with Gasteiger partial charge in [0.05, 0.1) is 12.5 Å². The Balaban J connectivity index is 2.12. The molecule has 0 atom stereocenters. The van der Waals surface area contributed by atoms with Crippen molar-refractivity contribution in [2.45, 2.75) is 0 Å². The van der Waals surface area contributed by atoms with E-state index in [-0.39, 0.29) is 0 Å². The van der Waals surface area contributed by atoms with Crippen molar-refractivity contribution < 1.29 is 4.42 Å². The zero-order chi connectivity index (χ0) is 15.0. The second-order valence-electron chi connectivity index (χ2n) is 4.72. The van der Waals surface area contributed by atoms with Gasteiger partial charge in [-0.05, 0) is 12.1 Å². The first kappa shape index (κ1) is 13.1. The van der Waals surface area contributed by atoms with Crippen molar-refractivity contribution in [1.82, 2.24) is 19.7 Å². The first-order valence-corrected chi connectivity index (χ1v) is 6.31. The summed E-state index contributed by atoms with van der Waals surface area (Å²) in [4.78, 5) is 14.8. The summed E-state index contributed by atoms with van der Waals surface area (Å²) < 4.78 is 6.84. The average Bonchev–Trinajstić information content (AvgIpc) is 3.05. The Morgan fingerprint density at radius 2 is 2.19 bits per heavy atom. The van der Waals surface area contributed by atoms with E-state index in [1.807, 2.05) is 14.1 Å². The molecule has 0 aliphatic heterocycles. The molecule has 108 valence electrons. The summed E-state index contributed by atoms with van der Waals surface area (Å²) in [5.41, 5.74) is 6.67. The molecule has 0 aliphatic rings. The van der Waals surface area contributed by atoms with Crippen LogP contribution < -0.4 is 10.6 Å². The van der Waals surface area contributed by atoms with E-state index < -0.39 is 0 Å². The smallest absolute Gasteiger partial charge is 0.228 e. The number of nitrogens with zero attached hydrogens (tertiary/aromatic N) is 6. The lowest BCUT2D eigenvalue weighted by atomic mass is 10.3. The van der Waals surface area contributed by atoms with E-state index in [1.54, 1.807) is 41.2 Å². The standard InChI is InChI=1S/C13H15N7O/c1-19(2)13-16-10(14)9-11(18-20(3)12(9)17-13)15-7-8-5-4-6-21-8/h4-7H,1-3H3,(H2,14,16,17). The van der Waals surface area contributed by atoms with Crippen LogP contribution in [0.25, 0.3) is 11.0 Å². The summed E-state index contributed by atoms with van der Waals surface area (Å²) in [5.74, 6) is 1.98. The van der Waals surface area contributed by atoms with Crippen LogP contribution in [-0.2, 0) is 7.05 Å². The molecular weight excluding hydrogens is 270 g/mol. The Labute approximate surface area is 120 Å². The number of aliphatic imine (C=N–C) groups is 1. The minimum atomic E-state index is 0.350. The third-order valence-corrected chi connectivity index (χ3v) is 2.94. The van der Waals surface area contributed by atoms with Gasteiger partial charge in [-0.1, -0.05) is 0 Å². The molecule has 8 heteroatoms. The first-order valence-electron chi connectivity index (χ1n) is 6.31. The summed E-state index contributed by atoms with van der Waals surface area (Å²) >= 11 is 0. The molecule has 0 bridgehead atoms. The largest absolute Gasteiger partial charge is 0.463 e. The molecule has 0 spiro atoms. The van der Waals surface area contributed by atoms with Crippen LogP contribution in [0.2, 0.25) is 0 Å². The van der Waals surface area contributed by atoms with E-state index >= 15 is 0 Å². The van der Waals surface area contributed by atoms with Crippen LogP contribution in [0.3, 0.4) is 0 Å². The molecule has 3 aromatic rings. The van der Waals surface area contributed by atoms with Crippen molar-refractivity contribution in [3.63, 3.8) is 0 Å². The van der Waals surface area contributed by atoms with E-state index in [9.17, 15) is 0 Å². The number of nitrogens with two attached hydrogens (primary N) is 1. The molecule has 0 saturated carbocycles. The van der Waals surface area contributed by atoms with Gasteiger partial charge in [0.1, 0.15) is 17.0 Å². The molecule has 3 heterocycles. The topological polar surface area (TPSA) is 98.4 Å². The SMILES string of the molecule is CN(C)c1nc(N)c2c(N=Cc3ccco3)nn(C)c2n1. The van der Waals surface area contributed by atoms with Gasteiger partial charge in [0.2, 0.25) is 5.95 Å². The number of anilines is 2. The maximum Gasteiger partial charge on any atom is 0.228 e. The fraction of sp³-hybridized carbons (Fsp3) is 0.231. The molecule has 3 aromatic heterocycles. The van der Waals surface area contributed by atoms with Crippen LogP contribution in [0.15, 0.2) is 27.8 Å². The summed E-state index contributed by atoms with van der Waals surface area (Å²) in [6.07, 6.45) is 3.17. The van der Waals surface area contributed by atoms with Crippen LogP contribution in [0, 0.1) is 0 Å². The van der Waals surface area contributed by atoms with Crippen molar-refractivity contribution >= 4 is 34.8 Å². The summed E-state index contributed by atoms with van der Waals surface area (Å²) in [7, 11) is 5.50. The van der Waals surface area contributed by atoms with Crippen LogP contribution in [0.1, 0.15) is 5.76 Å². The minimum absolute atomic E-state index is 0.350. The third-order valence-electron chi connectivity index (χ3n) is 2.94. The Morgan fingerprint density at radius 1 is 1.38 bits per heavy atom. The number of hydrogen-bond acceptors (Lipinski definition) is 7. The van der Waals surface area contributed by atoms with Crippen LogP contribution in [-0.4, -0.2) is 40.1 Å². The monoisotopic (exact) mass is 285 g/mol. The molecule has 8 nitrogen and oxygen atoms in total. The molecule has 3 rings (SSSR count). The average molecular weight is 285 g/mol. The predicted octanol–water partition coefficient (Wildman–Crippen LogP) is 1.36. The van der Waals surface area contributed by atoms with Crippen molar-refractivity contribution in [2.75, 3.05) is 24.7 Å². The zero-order valence-electron chi connectivity index (χ0n) is 12.0. The molecule has 0 aromatic carbocycles. The fourth-order valence-electron chi connectivity index (χ4n) is 1.92. The second-order valence-corrected chi connectivity index (χ2v) is 4.72. The molecule has 0 amide bonds. The van der Waals surface area contributed by atoms with E-state index in [1.165, 1.54) is 0 Å². The van der Waals surface area contributed by atoms with Gasteiger partial charge < -0.3 is 15.1 Å². The van der Waals surface area contributed by atoms with E-state index in [4.69, 9.17) is 10.2 Å². The van der Waals surface area contributed by atoms with Crippen LogP contribution >= 0.6 is 0 Å². The number of furan rings is 1. The van der Waals surface area contributed by atoms with Gasteiger partial charge >= 0.3 is 0 Å². The number of aryl methyl sites for hydroxylation is 1. The number of nitrogen functional groups attached to an aromatic ring is 1. The highest BCUT2D eigenvalue weighted by Crippen LogP contribution is 2.29. The maximum atomic E-state index is 6.03. The van der Waals surface area contributed by atoms with E-state index in [0.29, 0.717) is 34.4 Å². The lowest BCUT2D eigenvalue weighted by molar-refractivity contribution is 0.560. The molecule has 0 unspecified atom stereocenters. The highest BCUT2D eigenvalue weighted by molar-refractivity contribution is 5.97. The molecule has 2 N–H and O–H groups in total. The number of rotatable bonds is 3. The lowest BCUT2D eigenvalue weighted by Gasteiger charge is -2.10. The van der Waals surface area contributed by atoms with Crippen LogP contribution in [0.5, 0.6) is 0 Å². The van der Waals surface area contributed by atoms with E-state index in [2.05, 4.69) is 20.1 Å². The van der Waals surface area contributed by atoms with Gasteiger partial charge in [0, 0.05) is 21.1 Å². The molecule has 0 aliphatic carbocycles. The van der Waals surface area contributed by atoms with Crippen molar-refractivity contribution in [1.29, 1.82) is 0 Å². The Hall–Kier alpha value is -2.90. The minimum Gasteiger partial charge on any atom is -0.463 e. The van der Waals surface area contributed by atoms with Gasteiger partial charge in [0.25, 0.3) is 0 Å². The highest BCUT2D eigenvalue weighted by atomic mass is 16.3. The predicted molar refractivity (Wildman–Crippen MR) is 81.0 cm³/mol. The number of hydrogen-bond donors (Lipinski definition) is 1. The molecule has 21 heavy (non-hydrogen) atoms. The third kappa shape index (κ3) is 2.31. The van der Waals surface area contributed by atoms with E-state index in [0.717, 1.165) is 0 Å². The van der Waals surface area contributed by atoms with Crippen molar-refractivity contribution in [2.24, 2.45) is 12.0 Å². The molecule has 0 saturated heterocycles. The summed E-state index contributed by atoms with van der Waals surface area (Å²) in [6.45, 7) is 0. The summed E-state index contributed by atoms with van der Waals surface area (Å²) in [5, 5.41) is 4.96. The van der Waals surface area contributed by atoms with Crippen LogP contribution in [0.4, 0.5) is 17.6 Å². The van der Waals surface area contributed by atoms with Gasteiger partial charge in [0.15, 0.2) is 11.5 Å². The van der Waals surface area contributed by atoms with Gasteiger partial charge in [-0.25, -0.2) is 9.67 Å². The molecule has 0 radical (unpaired) electrons. The lowest BCUT2D eigenvalue weighted by Crippen LogP contribution is -2.14. The number of aromatic nitrogens is 4. The van der Waals surface area contributed by atoms with Crippen molar-refractivity contribution in [3.05, 3.63) is 24.2 Å². The quantitative estimate of drug-likeness (QED) is 0.729. The number of fused-ring (bicyclic) bond motifs is 1. The van der Waals surface area contributed by atoms with Gasteiger partial charge in [-0.3, -0.25) is 0 Å². The van der Waals surface area contributed by atoms with Gasteiger partial charge in [-0.2, -0.15) is 15.1 Å². The summed E-state index contributed by atoms with van der Waals surface area (Å²) in [6, 6.07) is 3.59. The van der Waals surface area contributed by atoms with Crippen molar-refractivity contribution in [3.8, 4) is 0 Å². The maximum absolute atomic E-state index is 6.03. The fourth-order valence-corrected chi connectivity index (χ4v) is 1.92. The molecule has 0 fully saturated rings.